The molecule has 0 radical (unpaired) electrons. The topological polar surface area (TPSA) is 65.2 Å². The van der Waals surface area contributed by atoms with Crippen molar-refractivity contribution in [1.29, 1.82) is 0 Å². The van der Waals surface area contributed by atoms with Gasteiger partial charge in [0.05, 0.1) is 10.7 Å². The van der Waals surface area contributed by atoms with Gasteiger partial charge in [-0.15, -0.1) is 0 Å². The van der Waals surface area contributed by atoms with Crippen LogP contribution in [0.1, 0.15) is 41.9 Å². The zero-order valence-corrected chi connectivity index (χ0v) is 16.3. The largest absolute Gasteiger partial charge is 0.376 e. The Morgan fingerprint density at radius 1 is 1.27 bits per heavy atom. The van der Waals surface area contributed by atoms with Crippen LogP contribution in [0.3, 0.4) is 0 Å². The van der Waals surface area contributed by atoms with Crippen molar-refractivity contribution in [1.82, 2.24) is 4.98 Å². The number of amides is 1. The number of halogens is 1. The Labute approximate surface area is 158 Å². The van der Waals surface area contributed by atoms with Crippen LogP contribution in [0.25, 0.3) is 0 Å². The van der Waals surface area contributed by atoms with Crippen LogP contribution in [0.4, 0.5) is 11.4 Å². The second-order valence-corrected chi connectivity index (χ2v) is 8.28. The zero-order valence-electron chi connectivity index (χ0n) is 15.6. The maximum atomic E-state index is 12.6. The van der Waals surface area contributed by atoms with E-state index in [1.165, 1.54) is 0 Å². The highest BCUT2D eigenvalue weighted by molar-refractivity contribution is 6.33. The third-order valence-corrected chi connectivity index (χ3v) is 5.18. The summed E-state index contributed by atoms with van der Waals surface area (Å²) in [5, 5.41) is 3.30. The number of nitrogens with one attached hydrogen (secondary N) is 2. The van der Waals surface area contributed by atoms with E-state index in [0.717, 1.165) is 36.2 Å². The van der Waals surface area contributed by atoms with Crippen molar-refractivity contribution in [2.75, 3.05) is 24.3 Å². The van der Waals surface area contributed by atoms with Crippen molar-refractivity contribution in [3.63, 3.8) is 0 Å². The highest BCUT2D eigenvalue weighted by atomic mass is 35.5. The molecule has 1 aliphatic carbocycles. The van der Waals surface area contributed by atoms with Crippen molar-refractivity contribution in [3.8, 4) is 0 Å². The fraction of sp³-hybridized carbons (Fsp3) is 0.400. The third-order valence-electron chi connectivity index (χ3n) is 4.87. The Morgan fingerprint density at radius 3 is 2.65 bits per heavy atom. The van der Waals surface area contributed by atoms with E-state index in [-0.39, 0.29) is 16.5 Å². The lowest BCUT2D eigenvalue weighted by Crippen LogP contribution is -2.30. The average molecular weight is 374 g/mol. The van der Waals surface area contributed by atoms with Crippen LogP contribution in [-0.2, 0) is 12.8 Å². The summed E-state index contributed by atoms with van der Waals surface area (Å²) < 4.78 is 0. The van der Waals surface area contributed by atoms with Gasteiger partial charge in [-0.3, -0.25) is 9.59 Å². The standard InChI is InChI=1S/C20H24ClN3O2/c1-20(2)8-7-12-9-14(19(26)23-16(12)11-20)18(25)22-13-5-6-17(24(3)4)15(21)10-13/h5-6,9-10H,7-8,11H2,1-4H3,(H,22,25)(H,23,26). The van der Waals surface area contributed by atoms with E-state index in [1.807, 2.05) is 25.1 Å². The van der Waals surface area contributed by atoms with Gasteiger partial charge in [-0.2, -0.15) is 0 Å². The van der Waals surface area contributed by atoms with E-state index in [4.69, 9.17) is 11.6 Å². The number of aryl methyl sites for hydroxylation is 1. The van der Waals surface area contributed by atoms with Crippen molar-refractivity contribution in [2.24, 2.45) is 5.41 Å². The number of hydrogen-bond donors (Lipinski definition) is 2. The number of benzene rings is 1. The second-order valence-electron chi connectivity index (χ2n) is 7.87. The molecule has 0 atom stereocenters. The lowest BCUT2D eigenvalue weighted by Gasteiger charge is -2.30. The average Bonchev–Trinajstić information content (AvgIpc) is 2.52. The molecular weight excluding hydrogens is 350 g/mol. The molecule has 1 heterocycles. The molecule has 1 amide bonds. The van der Waals surface area contributed by atoms with Crippen LogP contribution in [0.15, 0.2) is 29.1 Å². The van der Waals surface area contributed by atoms with Crippen LogP contribution >= 0.6 is 11.6 Å². The number of pyridine rings is 1. The van der Waals surface area contributed by atoms with Gasteiger partial charge in [0.25, 0.3) is 11.5 Å². The molecule has 26 heavy (non-hydrogen) atoms. The molecule has 6 heteroatoms. The van der Waals surface area contributed by atoms with E-state index in [1.54, 1.807) is 18.2 Å². The summed E-state index contributed by atoms with van der Waals surface area (Å²) in [6.45, 7) is 4.38. The molecule has 2 aromatic rings. The first kappa shape index (κ1) is 18.5. The van der Waals surface area contributed by atoms with Gasteiger partial charge in [-0.05, 0) is 54.5 Å². The molecule has 0 aliphatic heterocycles. The number of anilines is 2. The predicted octanol–water partition coefficient (Wildman–Crippen LogP) is 3.86. The van der Waals surface area contributed by atoms with Crippen LogP contribution < -0.4 is 15.8 Å². The number of rotatable bonds is 3. The van der Waals surface area contributed by atoms with Crippen LogP contribution in [0.2, 0.25) is 5.02 Å². The number of carbonyl (C=O) groups excluding carboxylic acids is 1. The highest BCUT2D eigenvalue weighted by Crippen LogP contribution is 2.33. The van der Waals surface area contributed by atoms with Crippen molar-refractivity contribution in [3.05, 3.63) is 56.5 Å². The van der Waals surface area contributed by atoms with Gasteiger partial charge in [0, 0.05) is 25.5 Å². The molecule has 0 unspecified atom stereocenters. The third kappa shape index (κ3) is 3.78. The van der Waals surface area contributed by atoms with Crippen LogP contribution in [0.5, 0.6) is 0 Å². The number of H-pyrrole nitrogens is 1. The molecule has 2 N–H and O–H groups in total. The number of carbonyl (C=O) groups is 1. The second kappa shape index (κ2) is 6.80. The first-order valence-electron chi connectivity index (χ1n) is 8.69. The lowest BCUT2D eigenvalue weighted by atomic mass is 9.76. The maximum Gasteiger partial charge on any atom is 0.261 e. The Morgan fingerprint density at radius 2 is 2.00 bits per heavy atom. The van der Waals surface area contributed by atoms with Crippen molar-refractivity contribution < 1.29 is 4.79 Å². The Bertz CT molecular complexity index is 916. The Balaban J connectivity index is 1.85. The fourth-order valence-electron chi connectivity index (χ4n) is 3.35. The van der Waals surface area contributed by atoms with Gasteiger partial charge < -0.3 is 15.2 Å². The zero-order chi connectivity index (χ0) is 19.1. The summed E-state index contributed by atoms with van der Waals surface area (Å²) in [6.07, 6.45) is 2.72. The van der Waals surface area contributed by atoms with E-state index >= 15 is 0 Å². The smallest absolute Gasteiger partial charge is 0.261 e. The van der Waals surface area contributed by atoms with Gasteiger partial charge in [-0.1, -0.05) is 25.4 Å². The molecule has 1 aromatic carbocycles. The summed E-state index contributed by atoms with van der Waals surface area (Å²) in [6, 6.07) is 7.02. The highest BCUT2D eigenvalue weighted by Gasteiger charge is 2.27. The molecule has 1 aliphatic rings. The van der Waals surface area contributed by atoms with E-state index in [0.29, 0.717) is 10.7 Å². The predicted molar refractivity (Wildman–Crippen MR) is 107 cm³/mol. The Hall–Kier alpha value is -2.27. The van der Waals surface area contributed by atoms with Crippen molar-refractivity contribution >= 4 is 28.9 Å². The molecule has 5 nitrogen and oxygen atoms in total. The van der Waals surface area contributed by atoms with Crippen LogP contribution in [0, 0.1) is 5.41 Å². The number of fused-ring (bicyclic) bond motifs is 1. The summed E-state index contributed by atoms with van der Waals surface area (Å²) >= 11 is 6.25. The molecule has 0 bridgehead atoms. The van der Waals surface area contributed by atoms with E-state index in [2.05, 4.69) is 24.1 Å². The lowest BCUT2D eigenvalue weighted by molar-refractivity contribution is 0.102. The Kier molecular flexibility index (Phi) is 4.84. The van der Waals surface area contributed by atoms with Gasteiger partial charge >= 0.3 is 0 Å². The molecular formula is C20H24ClN3O2. The minimum Gasteiger partial charge on any atom is -0.376 e. The molecule has 0 saturated heterocycles. The van der Waals surface area contributed by atoms with Gasteiger partial charge in [0.2, 0.25) is 0 Å². The molecule has 0 fully saturated rings. The van der Waals surface area contributed by atoms with E-state index < -0.39 is 5.91 Å². The normalized spacial score (nSPS) is 15.3. The summed E-state index contributed by atoms with van der Waals surface area (Å²) in [5.41, 5.74) is 3.37. The van der Waals surface area contributed by atoms with E-state index in [9.17, 15) is 9.59 Å². The maximum absolute atomic E-state index is 12.6. The molecule has 0 saturated carbocycles. The number of aromatic nitrogens is 1. The number of aromatic amines is 1. The molecule has 1 aromatic heterocycles. The summed E-state index contributed by atoms with van der Waals surface area (Å²) in [7, 11) is 3.79. The van der Waals surface area contributed by atoms with Crippen molar-refractivity contribution in [2.45, 2.75) is 33.1 Å². The van der Waals surface area contributed by atoms with Gasteiger partial charge in [-0.25, -0.2) is 0 Å². The monoisotopic (exact) mass is 373 g/mol. The quantitative estimate of drug-likeness (QED) is 0.858. The number of nitrogens with zero attached hydrogens (tertiary/aromatic N) is 1. The first-order chi connectivity index (χ1) is 12.2. The first-order valence-corrected chi connectivity index (χ1v) is 9.07. The van der Waals surface area contributed by atoms with Crippen LogP contribution in [-0.4, -0.2) is 25.0 Å². The molecule has 0 spiro atoms. The van der Waals surface area contributed by atoms with Gasteiger partial charge in [0.15, 0.2) is 0 Å². The minimum absolute atomic E-state index is 0.135. The number of hydrogen-bond acceptors (Lipinski definition) is 3. The molecule has 138 valence electrons. The summed E-state index contributed by atoms with van der Waals surface area (Å²) in [5.74, 6) is -0.424. The fourth-order valence-corrected chi connectivity index (χ4v) is 3.70. The minimum atomic E-state index is -0.424. The van der Waals surface area contributed by atoms with Gasteiger partial charge in [0.1, 0.15) is 5.56 Å². The summed E-state index contributed by atoms with van der Waals surface area (Å²) in [4.78, 5) is 29.8. The molecule has 3 rings (SSSR count). The SMILES string of the molecule is CN(C)c1ccc(NC(=O)c2cc3c([nH]c2=O)CC(C)(C)CC3)cc1Cl.